The molecule has 0 aliphatic carbocycles. The Hall–Kier alpha value is -2.71. The van der Waals surface area contributed by atoms with Crippen LogP contribution in [0.15, 0.2) is 85.1 Å². The molecular formula is C21H15ClIN5. The Morgan fingerprint density at radius 2 is 1.57 bits per heavy atom. The lowest BCUT2D eigenvalue weighted by Gasteiger charge is -1.99. The molecule has 2 heterocycles. The number of hydrogen-bond donors (Lipinski definition) is 1. The number of hydrogen-bond acceptors (Lipinski definition) is 2. The number of H-pyrrole nitrogens is 1. The number of halogens is 2. The fourth-order valence-corrected chi connectivity index (χ4v) is 3.24. The fourth-order valence-electron chi connectivity index (χ4n) is 3.12. The molecular weight excluding hydrogens is 485 g/mol. The molecule has 5 aromatic rings. The molecule has 0 aliphatic heterocycles. The fraction of sp³-hybridized carbons (Fsp3) is 0. The summed E-state index contributed by atoms with van der Waals surface area (Å²) >= 11 is 6.05. The summed E-state index contributed by atoms with van der Waals surface area (Å²) in [6.45, 7) is 0. The molecule has 1 N–H and O–H groups in total. The largest absolute Gasteiger partial charge is 1.00 e. The highest BCUT2D eigenvalue weighted by Crippen LogP contribution is 2.25. The molecule has 0 unspecified atom stereocenters. The first-order chi connectivity index (χ1) is 13.3. The van der Waals surface area contributed by atoms with E-state index in [0.717, 1.165) is 27.8 Å². The zero-order chi connectivity index (χ0) is 18.2. The second-order valence-electron chi connectivity index (χ2n) is 6.16. The van der Waals surface area contributed by atoms with Crippen molar-refractivity contribution in [2.75, 3.05) is 0 Å². The number of benzene rings is 3. The summed E-state index contributed by atoms with van der Waals surface area (Å²) in [5.41, 5.74) is 3.82. The third-order valence-corrected chi connectivity index (χ3v) is 4.69. The van der Waals surface area contributed by atoms with Gasteiger partial charge in [0.1, 0.15) is 5.69 Å². The average molecular weight is 500 g/mol. The molecule has 0 saturated heterocycles. The van der Waals surface area contributed by atoms with E-state index in [1.54, 1.807) is 9.59 Å². The second kappa shape index (κ2) is 7.73. The zero-order valence-corrected chi connectivity index (χ0v) is 17.5. The van der Waals surface area contributed by atoms with Gasteiger partial charge in [0.25, 0.3) is 0 Å². The summed E-state index contributed by atoms with van der Waals surface area (Å²) in [4.78, 5) is 6.86. The molecule has 0 aliphatic rings. The van der Waals surface area contributed by atoms with Gasteiger partial charge in [-0.1, -0.05) is 48.0 Å². The van der Waals surface area contributed by atoms with Crippen molar-refractivity contribution in [1.29, 1.82) is 0 Å². The van der Waals surface area contributed by atoms with Gasteiger partial charge in [-0.05, 0) is 52.4 Å². The summed E-state index contributed by atoms with van der Waals surface area (Å²) in [6, 6.07) is 25.6. The Morgan fingerprint density at radius 3 is 2.36 bits per heavy atom. The third-order valence-electron chi connectivity index (χ3n) is 4.43. The molecule has 0 saturated carbocycles. The monoisotopic (exact) mass is 499 g/mol. The smallest absolute Gasteiger partial charge is 0.342 e. The Labute approximate surface area is 183 Å². The molecule has 28 heavy (non-hydrogen) atoms. The third kappa shape index (κ3) is 3.29. The van der Waals surface area contributed by atoms with Crippen LogP contribution in [0.4, 0.5) is 0 Å². The lowest BCUT2D eigenvalue weighted by atomic mass is 10.2. The van der Waals surface area contributed by atoms with Crippen LogP contribution in [0.2, 0.25) is 5.02 Å². The van der Waals surface area contributed by atoms with Gasteiger partial charge in [-0.25, -0.2) is 0 Å². The normalized spacial score (nSPS) is 10.8. The Morgan fingerprint density at radius 1 is 0.857 bits per heavy atom. The minimum atomic E-state index is 0. The van der Waals surface area contributed by atoms with Crippen LogP contribution in [-0.2, 0) is 0 Å². The molecule has 0 bridgehead atoms. The average Bonchev–Trinajstić information content (AvgIpc) is 3.33. The number of fused-ring (bicyclic) bond motifs is 1. The molecule has 138 valence electrons. The minimum Gasteiger partial charge on any atom is -1.00 e. The lowest BCUT2D eigenvalue weighted by Crippen LogP contribution is -3.00. The molecule has 0 amide bonds. The van der Waals surface area contributed by atoms with Crippen molar-refractivity contribution in [3.05, 3.63) is 90.1 Å². The van der Waals surface area contributed by atoms with Crippen molar-refractivity contribution in [2.24, 2.45) is 0 Å². The molecule has 5 rings (SSSR count). The number of para-hydroxylation sites is 2. The molecule has 3 aromatic carbocycles. The van der Waals surface area contributed by atoms with Gasteiger partial charge in [0, 0.05) is 26.9 Å². The number of rotatable bonds is 3. The van der Waals surface area contributed by atoms with Crippen LogP contribution in [0.1, 0.15) is 0 Å². The van der Waals surface area contributed by atoms with Gasteiger partial charge in [-0.15, -0.1) is 0 Å². The second-order valence-corrected chi connectivity index (χ2v) is 6.60. The summed E-state index contributed by atoms with van der Waals surface area (Å²) in [7, 11) is 0. The predicted octanol–water partition coefficient (Wildman–Crippen LogP) is 1.35. The molecule has 5 nitrogen and oxygen atoms in total. The van der Waals surface area contributed by atoms with Crippen molar-refractivity contribution >= 4 is 22.5 Å². The SMILES string of the molecule is Clc1ccc(-[n+]2nc(-c3c[nH]c4ccccc34)nn2-c2ccccc2)cc1.[I-]. The van der Waals surface area contributed by atoms with Crippen molar-refractivity contribution in [1.82, 2.24) is 20.0 Å². The van der Waals surface area contributed by atoms with Gasteiger partial charge in [0.15, 0.2) is 5.69 Å². The molecule has 2 aromatic heterocycles. The first-order valence-electron chi connectivity index (χ1n) is 8.57. The highest BCUT2D eigenvalue weighted by molar-refractivity contribution is 6.30. The maximum atomic E-state index is 6.05. The van der Waals surface area contributed by atoms with E-state index in [1.165, 1.54) is 0 Å². The standard InChI is InChI=1S/C21H15ClN5.HI/c22-15-10-12-17(13-11-15)27-25-21(24-26(27)16-6-2-1-3-7-16)19-14-23-20-9-5-4-8-18(19)20;/h1-14,23H;1H/q+1;/p-1. The summed E-state index contributed by atoms with van der Waals surface area (Å²) in [5, 5.41) is 11.3. The van der Waals surface area contributed by atoms with Crippen molar-refractivity contribution in [3.63, 3.8) is 0 Å². The summed E-state index contributed by atoms with van der Waals surface area (Å²) < 4.78 is 0. The maximum absolute atomic E-state index is 6.05. The Balaban J connectivity index is 0.00000192. The van der Waals surface area contributed by atoms with Crippen molar-refractivity contribution in [2.45, 2.75) is 0 Å². The van der Waals surface area contributed by atoms with Gasteiger partial charge >= 0.3 is 5.82 Å². The van der Waals surface area contributed by atoms with Crippen LogP contribution >= 0.6 is 11.6 Å². The van der Waals surface area contributed by atoms with Crippen molar-refractivity contribution in [3.8, 4) is 22.8 Å². The highest BCUT2D eigenvalue weighted by atomic mass is 127. The predicted molar refractivity (Wildman–Crippen MR) is 105 cm³/mol. The minimum absolute atomic E-state index is 0. The maximum Gasteiger partial charge on any atom is 0.342 e. The molecule has 7 heteroatoms. The lowest BCUT2D eigenvalue weighted by molar-refractivity contribution is -0.734. The summed E-state index contributed by atoms with van der Waals surface area (Å²) in [6.07, 6.45) is 1.95. The van der Waals surface area contributed by atoms with E-state index in [1.807, 2.05) is 79.0 Å². The zero-order valence-electron chi connectivity index (χ0n) is 14.6. The van der Waals surface area contributed by atoms with E-state index in [0.29, 0.717) is 10.8 Å². The van der Waals surface area contributed by atoms with Crippen LogP contribution in [0, 0.1) is 0 Å². The number of nitrogens with one attached hydrogen (secondary N) is 1. The first kappa shape index (κ1) is 18.6. The number of nitrogens with zero attached hydrogens (tertiary/aromatic N) is 4. The molecule has 0 atom stereocenters. The Kier molecular flexibility index (Phi) is 5.15. The van der Waals surface area contributed by atoms with Crippen LogP contribution in [0.5, 0.6) is 0 Å². The van der Waals surface area contributed by atoms with E-state index in [4.69, 9.17) is 21.8 Å². The number of aromatic amines is 1. The molecule has 0 radical (unpaired) electrons. The van der Waals surface area contributed by atoms with E-state index < -0.39 is 0 Å². The topological polar surface area (TPSA) is 50.4 Å². The van der Waals surface area contributed by atoms with E-state index in [9.17, 15) is 0 Å². The molecule has 0 spiro atoms. The Bertz CT molecular complexity index is 1230. The number of aromatic nitrogens is 5. The van der Waals surface area contributed by atoms with Crippen LogP contribution < -0.4 is 28.8 Å². The quantitative estimate of drug-likeness (QED) is 0.301. The van der Waals surface area contributed by atoms with E-state index in [2.05, 4.69) is 11.1 Å². The van der Waals surface area contributed by atoms with Gasteiger partial charge in [-0.3, -0.25) is 0 Å². The van der Waals surface area contributed by atoms with E-state index >= 15 is 0 Å². The molecule has 0 fully saturated rings. The van der Waals surface area contributed by atoms with Gasteiger partial charge < -0.3 is 29.0 Å². The number of tetrazole rings is 1. The van der Waals surface area contributed by atoms with E-state index in [-0.39, 0.29) is 24.0 Å². The van der Waals surface area contributed by atoms with Gasteiger partial charge in [-0.2, -0.15) is 0 Å². The first-order valence-corrected chi connectivity index (χ1v) is 8.95. The van der Waals surface area contributed by atoms with Crippen LogP contribution in [-0.4, -0.2) is 20.0 Å². The van der Waals surface area contributed by atoms with Gasteiger partial charge in [0.05, 0.1) is 10.7 Å². The van der Waals surface area contributed by atoms with Crippen molar-refractivity contribution < 1.29 is 28.8 Å². The highest BCUT2D eigenvalue weighted by Gasteiger charge is 2.25. The van der Waals surface area contributed by atoms with Crippen LogP contribution in [0.3, 0.4) is 0 Å². The van der Waals surface area contributed by atoms with Crippen LogP contribution in [0.25, 0.3) is 33.7 Å². The van der Waals surface area contributed by atoms with Gasteiger partial charge in [0.2, 0.25) is 0 Å². The summed E-state index contributed by atoms with van der Waals surface area (Å²) in [5.74, 6) is 0.645.